The van der Waals surface area contributed by atoms with Gasteiger partial charge in [0.05, 0.1) is 11.2 Å². The summed E-state index contributed by atoms with van der Waals surface area (Å²) in [6.07, 6.45) is 9.24. The molecule has 11 aromatic rings. The van der Waals surface area contributed by atoms with E-state index in [0.717, 1.165) is 42.5 Å². The van der Waals surface area contributed by atoms with Crippen molar-refractivity contribution in [2.75, 3.05) is 14.7 Å². The van der Waals surface area contributed by atoms with Crippen molar-refractivity contribution in [3.63, 3.8) is 0 Å². The number of para-hydroxylation sites is 2. The van der Waals surface area contributed by atoms with E-state index in [9.17, 15) is 0 Å². The fourth-order valence-electron chi connectivity index (χ4n) is 19.6. The van der Waals surface area contributed by atoms with Crippen molar-refractivity contribution in [1.82, 2.24) is 0 Å². The van der Waals surface area contributed by atoms with Gasteiger partial charge in [-0.3, -0.25) is 0 Å². The number of hydrogen-bond acceptors (Lipinski definition) is 5. The Morgan fingerprint density at radius 2 is 1.12 bits per heavy atom. The number of allylic oxidation sites excluding steroid dienone is 1. The molecule has 0 radical (unpaired) electrons. The Balaban J connectivity index is 1.00. The number of nitrogens with zero attached hydrogens (tertiary/aromatic N) is 3. The highest BCUT2D eigenvalue weighted by molar-refractivity contribution is 7.25. The molecule has 4 aliphatic carbocycles. The van der Waals surface area contributed by atoms with Crippen LogP contribution in [0.2, 0.25) is 0 Å². The van der Waals surface area contributed by atoms with Gasteiger partial charge in [-0.25, -0.2) is 0 Å². The number of rotatable bonds is 5. The molecule has 5 heterocycles. The number of furan rings is 1. The monoisotopic (exact) mass is 1230 g/mol. The smallest absolute Gasteiger partial charge is 0.248 e. The van der Waals surface area contributed by atoms with Gasteiger partial charge in [0.1, 0.15) is 11.2 Å². The van der Waals surface area contributed by atoms with Gasteiger partial charge in [0.15, 0.2) is 0 Å². The van der Waals surface area contributed by atoms with Crippen LogP contribution in [0.1, 0.15) is 200 Å². The van der Waals surface area contributed by atoms with E-state index < -0.39 is 0 Å². The summed E-state index contributed by atoms with van der Waals surface area (Å²) in [5, 5.41) is 4.96. The van der Waals surface area contributed by atoms with E-state index in [1.807, 2.05) is 11.3 Å². The second-order valence-electron chi connectivity index (χ2n) is 34.1. The second kappa shape index (κ2) is 18.8. The molecule has 466 valence electrons. The zero-order valence-electron chi connectivity index (χ0n) is 57.5. The topological polar surface area (TPSA) is 22.9 Å². The summed E-state index contributed by atoms with van der Waals surface area (Å²) in [5.41, 5.74) is 29.9. The number of anilines is 7. The minimum Gasteiger partial charge on any atom is -0.455 e. The lowest BCUT2D eigenvalue weighted by Crippen LogP contribution is -2.62. The molecule has 2 atom stereocenters. The first-order chi connectivity index (χ1) is 44.2. The Morgan fingerprint density at radius 1 is 0.484 bits per heavy atom. The van der Waals surface area contributed by atoms with Gasteiger partial charge >= 0.3 is 0 Å². The maximum absolute atomic E-state index is 7.06. The molecule has 2 aromatic heterocycles. The van der Waals surface area contributed by atoms with Crippen LogP contribution in [0.5, 0.6) is 0 Å². The van der Waals surface area contributed by atoms with E-state index >= 15 is 0 Å². The van der Waals surface area contributed by atoms with E-state index in [1.165, 1.54) is 168 Å². The van der Waals surface area contributed by atoms with Crippen molar-refractivity contribution < 1.29 is 4.42 Å². The highest BCUT2D eigenvalue weighted by Gasteiger charge is 2.63. The predicted molar refractivity (Wildman–Crippen MR) is 399 cm³/mol. The van der Waals surface area contributed by atoms with E-state index in [-0.39, 0.29) is 50.2 Å². The van der Waals surface area contributed by atoms with Gasteiger partial charge in [-0.1, -0.05) is 200 Å². The highest BCUT2D eigenvalue weighted by Crippen LogP contribution is 2.66. The number of fused-ring (bicyclic) bond motifs is 16. The molecule has 0 bridgehead atoms. The van der Waals surface area contributed by atoms with Crippen LogP contribution in [0.15, 0.2) is 174 Å². The quantitative estimate of drug-likeness (QED) is 0.160. The maximum atomic E-state index is 7.06. The van der Waals surface area contributed by atoms with E-state index in [4.69, 9.17) is 4.42 Å². The van der Waals surface area contributed by atoms with Crippen LogP contribution in [-0.4, -0.2) is 12.3 Å². The van der Waals surface area contributed by atoms with Gasteiger partial charge in [0, 0.05) is 92.7 Å². The fraction of sp³-hybridized carbons (Fsp3) is 0.356. The average Bonchev–Trinajstić information content (AvgIpc) is 1.52. The van der Waals surface area contributed by atoms with Gasteiger partial charge < -0.3 is 19.1 Å². The Bertz CT molecular complexity index is 5130. The molecule has 6 heteroatoms. The predicted octanol–water partition coefficient (Wildman–Crippen LogP) is 23.1. The van der Waals surface area contributed by atoms with Crippen molar-refractivity contribution in [3.8, 4) is 11.1 Å². The molecule has 3 aliphatic heterocycles. The standard InChI is InChI=1S/C87H88BN3OS/c1-80(2,3)52-29-31-53(32-30-52)89(54-34-36-74-61(45-54)59-24-17-19-28-73(59)93-74)56-47-70-75-71(48-56)91-77-68(86(14)37-20-21-38-87(86,91)15)43-51(57-25-22-26-60-58-23-16-18-27-72(58)92-78(57)60)44-69(77)88(75)79-76(90(70)55-33-35-63-65(46-55)82(6,7)40-39-81(63,4)5)62-49-66-67(50-64(62)85(79,12)13)84(10,11)42-41-83(66,8)9/h16-19,22-36,43-50H,20-21,37-42H2,1-15H3. The zero-order chi connectivity index (χ0) is 64.2. The van der Waals surface area contributed by atoms with E-state index in [2.05, 4.69) is 282 Å². The normalized spacial score (nSPS) is 22.2. The molecule has 1 fully saturated rings. The summed E-state index contributed by atoms with van der Waals surface area (Å²) in [6, 6.07) is 65.3. The van der Waals surface area contributed by atoms with Crippen LogP contribution >= 0.6 is 11.3 Å². The van der Waals surface area contributed by atoms with Crippen molar-refractivity contribution in [2.45, 2.75) is 199 Å². The van der Waals surface area contributed by atoms with Gasteiger partial charge in [-0.05, 0) is 207 Å². The van der Waals surface area contributed by atoms with E-state index in [1.54, 1.807) is 0 Å². The summed E-state index contributed by atoms with van der Waals surface area (Å²) in [5.74, 6) is 0. The third-order valence-electron chi connectivity index (χ3n) is 25.5. The van der Waals surface area contributed by atoms with Gasteiger partial charge in [-0.2, -0.15) is 0 Å². The minimum absolute atomic E-state index is 0.00375. The lowest BCUT2D eigenvalue weighted by molar-refractivity contribution is 0.195. The summed E-state index contributed by atoms with van der Waals surface area (Å²) in [6.45, 7) is 37.5. The summed E-state index contributed by atoms with van der Waals surface area (Å²) in [4.78, 5) is 8.45. The largest absolute Gasteiger partial charge is 0.455 e. The Labute approximate surface area is 555 Å². The zero-order valence-corrected chi connectivity index (χ0v) is 58.3. The summed E-state index contributed by atoms with van der Waals surface area (Å²) in [7, 11) is 0. The third kappa shape index (κ3) is 7.79. The molecule has 2 unspecified atom stereocenters. The first kappa shape index (κ1) is 57.8. The summed E-state index contributed by atoms with van der Waals surface area (Å²) < 4.78 is 9.69. The average molecular weight is 1230 g/mol. The van der Waals surface area contributed by atoms with Gasteiger partial charge in [0.2, 0.25) is 6.71 Å². The number of hydrogen-bond donors (Lipinski definition) is 0. The highest BCUT2D eigenvalue weighted by atomic mass is 32.1. The molecule has 7 aliphatic rings. The molecular formula is C87H88BN3OS. The van der Waals surface area contributed by atoms with Gasteiger partial charge in [-0.15, -0.1) is 11.3 Å². The Morgan fingerprint density at radius 3 is 1.86 bits per heavy atom. The van der Waals surface area contributed by atoms with Crippen molar-refractivity contribution >= 4 is 117 Å². The Kier molecular flexibility index (Phi) is 11.7. The number of thiophene rings is 1. The van der Waals surface area contributed by atoms with Crippen LogP contribution in [0.25, 0.3) is 58.9 Å². The second-order valence-corrected chi connectivity index (χ2v) is 35.1. The summed E-state index contributed by atoms with van der Waals surface area (Å²) >= 11 is 1.90. The minimum atomic E-state index is -0.369. The molecule has 4 nitrogen and oxygen atoms in total. The van der Waals surface area contributed by atoms with Crippen molar-refractivity contribution in [2.24, 2.45) is 0 Å². The first-order valence-corrected chi connectivity index (χ1v) is 35.8. The molecule has 93 heavy (non-hydrogen) atoms. The van der Waals surface area contributed by atoms with E-state index in [0.29, 0.717) is 0 Å². The molecular weight excluding hydrogens is 1150 g/mol. The lowest BCUT2D eigenvalue weighted by Gasteiger charge is -2.53. The van der Waals surface area contributed by atoms with Crippen molar-refractivity contribution in [1.29, 1.82) is 0 Å². The Hall–Kier alpha value is -7.80. The molecule has 0 N–H and O–H groups in total. The molecule has 0 spiro atoms. The first-order valence-electron chi connectivity index (χ1n) is 35.0. The molecule has 0 amide bonds. The maximum Gasteiger partial charge on any atom is 0.248 e. The molecule has 18 rings (SSSR count). The van der Waals surface area contributed by atoms with Crippen LogP contribution in [0, 0.1) is 0 Å². The molecule has 1 saturated carbocycles. The molecule has 0 saturated heterocycles. The van der Waals surface area contributed by atoms with Crippen LogP contribution in [-0.2, 0) is 37.9 Å². The molecule has 9 aromatic carbocycles. The SMILES string of the molecule is CC(C)(C)c1ccc(N(c2cc3c4c(c2)N2c5c(cc(-c6cccc7c6oc6ccccc67)cc5C5(C)CCCCC25C)B4C2=C(c4cc5c(cc4C2(C)C)C(C)(C)CCC5(C)C)N3c2ccc3c(c2)C(C)(C)CCC3(C)C)c2ccc3sc4ccccc4c3c2)cc1. The number of benzene rings is 9. The van der Waals surface area contributed by atoms with Crippen LogP contribution < -0.4 is 25.6 Å². The van der Waals surface area contributed by atoms with Crippen molar-refractivity contribution in [3.05, 3.63) is 214 Å². The van der Waals surface area contributed by atoms with Crippen LogP contribution in [0.4, 0.5) is 39.8 Å². The van der Waals surface area contributed by atoms with Crippen LogP contribution in [0.3, 0.4) is 0 Å². The third-order valence-corrected chi connectivity index (χ3v) is 26.6. The fourth-order valence-corrected chi connectivity index (χ4v) is 20.7. The lowest BCUT2D eigenvalue weighted by atomic mass is 9.30. The van der Waals surface area contributed by atoms with Gasteiger partial charge in [0.25, 0.3) is 0 Å².